The van der Waals surface area contributed by atoms with Crippen LogP contribution in [0, 0.1) is 11.3 Å². The van der Waals surface area contributed by atoms with E-state index in [9.17, 15) is 4.79 Å². The number of carbonyl (C=O) groups is 1. The van der Waals surface area contributed by atoms with Crippen LogP contribution in [0.4, 0.5) is 0 Å². The Kier molecular flexibility index (Phi) is 4.56. The number of allylic oxidation sites excluding steroid dienone is 2. The van der Waals surface area contributed by atoms with Crippen molar-refractivity contribution >= 4 is 6.29 Å². The molecule has 1 unspecified atom stereocenters. The Morgan fingerprint density at radius 3 is 2.40 bits per heavy atom. The molecule has 0 saturated heterocycles. The Morgan fingerprint density at radius 1 is 1.33 bits per heavy atom. The van der Waals surface area contributed by atoms with Crippen LogP contribution in [-0.4, -0.2) is 6.29 Å². The van der Waals surface area contributed by atoms with Crippen LogP contribution in [-0.2, 0) is 4.79 Å². The summed E-state index contributed by atoms with van der Waals surface area (Å²) in [5.74, 6) is 0.230. The van der Waals surface area contributed by atoms with Crippen molar-refractivity contribution in [1.29, 1.82) is 0 Å². The molecule has 0 aromatic carbocycles. The van der Waals surface area contributed by atoms with Gasteiger partial charge in [-0.3, -0.25) is 0 Å². The lowest BCUT2D eigenvalue weighted by Gasteiger charge is -2.29. The van der Waals surface area contributed by atoms with Gasteiger partial charge >= 0.3 is 0 Å². The number of hydrogen-bond donors (Lipinski definition) is 0. The molecule has 0 heterocycles. The average molecular weight is 208 g/mol. The number of aldehydes is 1. The molecule has 15 heavy (non-hydrogen) atoms. The zero-order chi connectivity index (χ0) is 11.3. The van der Waals surface area contributed by atoms with E-state index >= 15 is 0 Å². The minimum absolute atomic E-state index is 0.230. The summed E-state index contributed by atoms with van der Waals surface area (Å²) in [5, 5.41) is 0. The fourth-order valence-corrected chi connectivity index (χ4v) is 2.77. The molecular formula is C14H24O. The van der Waals surface area contributed by atoms with Crippen LogP contribution >= 0.6 is 0 Å². The molecule has 0 amide bonds. The van der Waals surface area contributed by atoms with Gasteiger partial charge in [0, 0.05) is 5.92 Å². The maximum Gasteiger partial charge on any atom is 0.122 e. The van der Waals surface area contributed by atoms with Gasteiger partial charge in [0.2, 0.25) is 0 Å². The summed E-state index contributed by atoms with van der Waals surface area (Å²) in [6.45, 7) is 6.37. The van der Waals surface area contributed by atoms with Crippen LogP contribution in [0.1, 0.15) is 59.3 Å². The maximum atomic E-state index is 10.8. The lowest BCUT2D eigenvalue weighted by Crippen LogP contribution is -2.19. The van der Waals surface area contributed by atoms with Crippen LogP contribution in [0.15, 0.2) is 11.6 Å². The Labute approximate surface area is 93.9 Å². The van der Waals surface area contributed by atoms with Gasteiger partial charge in [0.1, 0.15) is 6.29 Å². The highest BCUT2D eigenvalue weighted by atomic mass is 16.1. The molecule has 0 aromatic rings. The smallest absolute Gasteiger partial charge is 0.122 e. The van der Waals surface area contributed by atoms with Gasteiger partial charge in [-0.05, 0) is 44.9 Å². The lowest BCUT2D eigenvalue weighted by molar-refractivity contribution is -0.111. The molecule has 0 aromatic heterocycles. The Morgan fingerprint density at radius 2 is 1.93 bits per heavy atom. The first-order valence-electron chi connectivity index (χ1n) is 6.17. The highest BCUT2D eigenvalue weighted by molar-refractivity contribution is 5.52. The van der Waals surface area contributed by atoms with Crippen molar-refractivity contribution in [3.05, 3.63) is 11.6 Å². The van der Waals surface area contributed by atoms with E-state index in [2.05, 4.69) is 26.8 Å². The molecule has 1 atom stereocenters. The fraction of sp³-hybridized carbons (Fsp3) is 0.786. The molecule has 0 N–H and O–H groups in total. The van der Waals surface area contributed by atoms with Crippen molar-refractivity contribution in [3.63, 3.8) is 0 Å². The average Bonchev–Trinajstić information content (AvgIpc) is 2.64. The summed E-state index contributed by atoms with van der Waals surface area (Å²) in [5.41, 5.74) is 1.84. The zero-order valence-corrected chi connectivity index (χ0v) is 10.4. The first-order valence-corrected chi connectivity index (χ1v) is 6.17. The van der Waals surface area contributed by atoms with Gasteiger partial charge in [-0.1, -0.05) is 31.4 Å². The number of hydrogen-bond acceptors (Lipinski definition) is 1. The second-order valence-corrected chi connectivity index (χ2v) is 5.51. The van der Waals surface area contributed by atoms with E-state index < -0.39 is 0 Å². The molecule has 0 spiro atoms. The third-order valence-corrected chi connectivity index (χ3v) is 3.59. The summed E-state index contributed by atoms with van der Waals surface area (Å²) >= 11 is 0. The summed E-state index contributed by atoms with van der Waals surface area (Å²) in [7, 11) is 0. The van der Waals surface area contributed by atoms with Gasteiger partial charge in [0.25, 0.3) is 0 Å². The van der Waals surface area contributed by atoms with Crippen molar-refractivity contribution in [1.82, 2.24) is 0 Å². The molecule has 0 radical (unpaired) electrons. The van der Waals surface area contributed by atoms with E-state index in [0.717, 1.165) is 12.7 Å². The normalized spacial score (nSPS) is 21.0. The molecule has 1 fully saturated rings. The Hall–Kier alpha value is -0.590. The molecule has 1 aliphatic rings. The molecule has 1 rings (SSSR count). The predicted octanol–water partition coefficient (Wildman–Crippen LogP) is 4.13. The Bertz CT molecular complexity index is 230. The third kappa shape index (κ3) is 3.81. The van der Waals surface area contributed by atoms with Crippen LogP contribution < -0.4 is 0 Å². The molecule has 1 saturated carbocycles. The van der Waals surface area contributed by atoms with Crippen molar-refractivity contribution in [2.45, 2.75) is 59.3 Å². The van der Waals surface area contributed by atoms with E-state index in [1.807, 2.05) is 0 Å². The number of rotatable bonds is 5. The summed E-state index contributed by atoms with van der Waals surface area (Å²) < 4.78 is 0. The maximum absolute atomic E-state index is 10.8. The largest absolute Gasteiger partial charge is 0.303 e. The van der Waals surface area contributed by atoms with Crippen LogP contribution in [0.25, 0.3) is 0 Å². The van der Waals surface area contributed by atoms with E-state index in [1.165, 1.54) is 37.7 Å². The van der Waals surface area contributed by atoms with Crippen molar-refractivity contribution in [3.8, 4) is 0 Å². The number of carbonyl (C=O) groups excluding carboxylic acids is 1. The van der Waals surface area contributed by atoms with E-state index in [-0.39, 0.29) is 5.92 Å². The van der Waals surface area contributed by atoms with Crippen molar-refractivity contribution < 1.29 is 4.79 Å². The van der Waals surface area contributed by atoms with Crippen LogP contribution in [0.3, 0.4) is 0 Å². The monoisotopic (exact) mass is 208 g/mol. The minimum Gasteiger partial charge on any atom is -0.303 e. The molecule has 1 nitrogen and oxygen atoms in total. The van der Waals surface area contributed by atoms with Gasteiger partial charge in [-0.2, -0.15) is 0 Å². The zero-order valence-electron chi connectivity index (χ0n) is 10.4. The van der Waals surface area contributed by atoms with E-state index in [0.29, 0.717) is 5.41 Å². The molecule has 0 aliphatic heterocycles. The van der Waals surface area contributed by atoms with Gasteiger partial charge in [-0.25, -0.2) is 0 Å². The molecule has 86 valence electrons. The van der Waals surface area contributed by atoms with Crippen molar-refractivity contribution in [2.75, 3.05) is 0 Å². The topological polar surface area (TPSA) is 17.1 Å². The fourth-order valence-electron chi connectivity index (χ4n) is 2.77. The summed E-state index contributed by atoms with van der Waals surface area (Å²) in [6, 6.07) is 0. The first-order chi connectivity index (χ1) is 7.08. The second kappa shape index (κ2) is 5.48. The SMILES string of the molecule is CC(C)=CCC1(CC(C)C=O)CCCC1. The van der Waals surface area contributed by atoms with Crippen molar-refractivity contribution in [2.24, 2.45) is 11.3 Å². The second-order valence-electron chi connectivity index (χ2n) is 5.51. The molecule has 1 heteroatoms. The van der Waals surface area contributed by atoms with Crippen LogP contribution in [0.5, 0.6) is 0 Å². The highest BCUT2D eigenvalue weighted by Gasteiger charge is 2.33. The standard InChI is InChI=1S/C14H24O/c1-12(2)6-9-14(7-4-5-8-14)10-13(3)11-15/h6,11,13H,4-5,7-10H2,1-3H3. The first kappa shape index (κ1) is 12.5. The highest BCUT2D eigenvalue weighted by Crippen LogP contribution is 2.46. The molecule has 0 bridgehead atoms. The van der Waals surface area contributed by atoms with Gasteiger partial charge in [0.15, 0.2) is 0 Å². The van der Waals surface area contributed by atoms with E-state index in [1.54, 1.807) is 0 Å². The van der Waals surface area contributed by atoms with Gasteiger partial charge in [-0.15, -0.1) is 0 Å². The van der Waals surface area contributed by atoms with Gasteiger partial charge < -0.3 is 4.79 Å². The summed E-state index contributed by atoms with van der Waals surface area (Å²) in [4.78, 5) is 10.8. The Balaban J connectivity index is 2.61. The van der Waals surface area contributed by atoms with Crippen LogP contribution in [0.2, 0.25) is 0 Å². The molecular weight excluding hydrogens is 184 g/mol. The summed E-state index contributed by atoms with van der Waals surface area (Å²) in [6.07, 6.45) is 11.0. The van der Waals surface area contributed by atoms with E-state index in [4.69, 9.17) is 0 Å². The predicted molar refractivity (Wildman–Crippen MR) is 64.8 cm³/mol. The minimum atomic E-state index is 0.230. The van der Waals surface area contributed by atoms with Gasteiger partial charge in [0.05, 0.1) is 0 Å². The third-order valence-electron chi connectivity index (χ3n) is 3.59. The molecule has 1 aliphatic carbocycles. The lowest BCUT2D eigenvalue weighted by atomic mass is 9.75. The quantitative estimate of drug-likeness (QED) is 0.490.